The minimum absolute atomic E-state index is 0.116. The number of phenolic OH excluding ortho intramolecular Hbond substituents is 1. The Morgan fingerprint density at radius 2 is 2.00 bits per heavy atom. The number of rotatable bonds is 2. The lowest BCUT2D eigenvalue weighted by molar-refractivity contribution is 0.472. The van der Waals surface area contributed by atoms with Gasteiger partial charge in [0.25, 0.3) is 0 Å². The maximum Gasteiger partial charge on any atom is 0.122 e. The predicted octanol–water partition coefficient (Wildman–Crippen LogP) is 4.10. The number of hydrogen-bond donors (Lipinski definition) is 1. The van der Waals surface area contributed by atoms with Crippen molar-refractivity contribution in [3.05, 3.63) is 35.4 Å². The number of alkyl halides is 1. The first-order valence-electron chi connectivity index (χ1n) is 5.01. The van der Waals surface area contributed by atoms with Gasteiger partial charge in [0.2, 0.25) is 0 Å². The SMILES string of the molecule is CC(C)(C)c1ccc(O)c(C=CCBr)c1. The summed E-state index contributed by atoms with van der Waals surface area (Å²) in [6, 6.07) is 5.77. The Morgan fingerprint density at radius 1 is 1.33 bits per heavy atom. The van der Waals surface area contributed by atoms with Crippen molar-refractivity contribution in [1.82, 2.24) is 0 Å². The van der Waals surface area contributed by atoms with Gasteiger partial charge in [0.15, 0.2) is 0 Å². The minimum Gasteiger partial charge on any atom is -0.507 e. The van der Waals surface area contributed by atoms with Gasteiger partial charge in [-0.15, -0.1) is 0 Å². The van der Waals surface area contributed by atoms with E-state index in [1.165, 1.54) is 5.56 Å². The third kappa shape index (κ3) is 3.38. The van der Waals surface area contributed by atoms with Crippen molar-refractivity contribution >= 4 is 22.0 Å². The van der Waals surface area contributed by atoms with Crippen LogP contribution in [0.3, 0.4) is 0 Å². The quantitative estimate of drug-likeness (QED) is 0.801. The predicted molar refractivity (Wildman–Crippen MR) is 69.6 cm³/mol. The number of phenols is 1. The normalized spacial score (nSPS) is 12.3. The lowest BCUT2D eigenvalue weighted by Gasteiger charge is -2.19. The Morgan fingerprint density at radius 3 is 2.53 bits per heavy atom. The van der Waals surface area contributed by atoms with Gasteiger partial charge in [-0.3, -0.25) is 0 Å². The maximum absolute atomic E-state index is 9.66. The second kappa shape index (κ2) is 4.84. The molecular formula is C13H17BrO. The molecule has 1 aromatic carbocycles. The molecule has 82 valence electrons. The first-order chi connectivity index (χ1) is 6.95. The molecule has 0 atom stereocenters. The van der Waals surface area contributed by atoms with Crippen LogP contribution in [0.15, 0.2) is 24.3 Å². The lowest BCUT2D eigenvalue weighted by Crippen LogP contribution is -2.10. The van der Waals surface area contributed by atoms with E-state index in [2.05, 4.69) is 36.7 Å². The van der Waals surface area contributed by atoms with Crippen LogP contribution >= 0.6 is 15.9 Å². The molecule has 0 fully saturated rings. The number of halogens is 1. The van der Waals surface area contributed by atoms with Gasteiger partial charge in [-0.05, 0) is 23.1 Å². The zero-order valence-electron chi connectivity index (χ0n) is 9.42. The van der Waals surface area contributed by atoms with Crippen molar-refractivity contribution in [2.45, 2.75) is 26.2 Å². The second-order valence-electron chi connectivity index (χ2n) is 4.58. The average molecular weight is 269 g/mol. The second-order valence-corrected chi connectivity index (χ2v) is 5.23. The van der Waals surface area contributed by atoms with E-state index in [1.54, 1.807) is 6.07 Å². The molecule has 0 radical (unpaired) electrons. The van der Waals surface area contributed by atoms with Crippen LogP contribution in [-0.4, -0.2) is 10.4 Å². The van der Waals surface area contributed by atoms with Crippen molar-refractivity contribution in [3.8, 4) is 5.75 Å². The molecule has 1 nitrogen and oxygen atoms in total. The molecule has 0 saturated heterocycles. The smallest absolute Gasteiger partial charge is 0.122 e. The van der Waals surface area contributed by atoms with E-state index < -0.39 is 0 Å². The minimum atomic E-state index is 0.116. The van der Waals surface area contributed by atoms with Crippen LogP contribution in [-0.2, 0) is 5.41 Å². The van der Waals surface area contributed by atoms with Gasteiger partial charge in [-0.2, -0.15) is 0 Å². The van der Waals surface area contributed by atoms with Gasteiger partial charge in [0, 0.05) is 10.9 Å². The topological polar surface area (TPSA) is 20.2 Å². The molecule has 0 bridgehead atoms. The summed E-state index contributed by atoms with van der Waals surface area (Å²) in [5, 5.41) is 10.5. The van der Waals surface area contributed by atoms with Crippen LogP contribution in [0.4, 0.5) is 0 Å². The van der Waals surface area contributed by atoms with Crippen LogP contribution in [0.2, 0.25) is 0 Å². The van der Waals surface area contributed by atoms with Crippen molar-refractivity contribution < 1.29 is 5.11 Å². The van der Waals surface area contributed by atoms with Crippen LogP contribution < -0.4 is 0 Å². The lowest BCUT2D eigenvalue weighted by atomic mass is 9.86. The van der Waals surface area contributed by atoms with E-state index in [4.69, 9.17) is 0 Å². The Bertz CT molecular complexity index is 361. The number of aromatic hydroxyl groups is 1. The molecule has 1 aromatic rings. The molecule has 0 saturated carbocycles. The Balaban J connectivity index is 3.11. The van der Waals surface area contributed by atoms with E-state index in [-0.39, 0.29) is 5.41 Å². The zero-order chi connectivity index (χ0) is 11.5. The zero-order valence-corrected chi connectivity index (χ0v) is 11.0. The van der Waals surface area contributed by atoms with E-state index >= 15 is 0 Å². The van der Waals surface area contributed by atoms with E-state index in [1.807, 2.05) is 24.3 Å². The van der Waals surface area contributed by atoms with Crippen LogP contribution in [0.25, 0.3) is 6.08 Å². The van der Waals surface area contributed by atoms with Crippen molar-refractivity contribution in [2.75, 3.05) is 5.33 Å². The summed E-state index contributed by atoms with van der Waals surface area (Å²) < 4.78 is 0. The molecule has 0 amide bonds. The van der Waals surface area contributed by atoms with Crippen LogP contribution in [0.5, 0.6) is 5.75 Å². The first-order valence-corrected chi connectivity index (χ1v) is 6.13. The van der Waals surface area contributed by atoms with Gasteiger partial charge < -0.3 is 5.11 Å². The molecule has 1 rings (SSSR count). The largest absolute Gasteiger partial charge is 0.507 e. The molecule has 2 heteroatoms. The van der Waals surface area contributed by atoms with E-state index in [9.17, 15) is 5.11 Å². The Kier molecular flexibility index (Phi) is 3.97. The maximum atomic E-state index is 9.66. The van der Waals surface area contributed by atoms with Crippen LogP contribution in [0.1, 0.15) is 31.9 Å². The third-order valence-corrected chi connectivity index (χ3v) is 2.65. The highest BCUT2D eigenvalue weighted by molar-refractivity contribution is 9.09. The van der Waals surface area contributed by atoms with Crippen molar-refractivity contribution in [1.29, 1.82) is 0 Å². The number of allylic oxidation sites excluding steroid dienone is 1. The van der Waals surface area contributed by atoms with Crippen molar-refractivity contribution in [2.24, 2.45) is 0 Å². The van der Waals surface area contributed by atoms with Gasteiger partial charge in [0.05, 0.1) is 0 Å². The standard InChI is InChI=1S/C13H17BrO/c1-13(2,3)11-6-7-12(15)10(9-11)5-4-8-14/h4-7,9,15H,8H2,1-3H3. The summed E-state index contributed by atoms with van der Waals surface area (Å²) in [4.78, 5) is 0. The Labute approximate surface area is 100.0 Å². The average Bonchev–Trinajstić information content (AvgIpc) is 2.15. The fourth-order valence-electron chi connectivity index (χ4n) is 1.33. The summed E-state index contributed by atoms with van der Waals surface area (Å²) in [6.07, 6.45) is 3.90. The summed E-state index contributed by atoms with van der Waals surface area (Å²) in [5.74, 6) is 0.334. The highest BCUT2D eigenvalue weighted by Gasteiger charge is 2.14. The van der Waals surface area contributed by atoms with Crippen LogP contribution in [0, 0.1) is 0 Å². The third-order valence-electron chi connectivity index (χ3n) is 2.28. The fourth-order valence-corrected chi connectivity index (χ4v) is 1.51. The monoisotopic (exact) mass is 268 g/mol. The summed E-state index contributed by atoms with van der Waals surface area (Å²) in [5.41, 5.74) is 2.22. The Hall–Kier alpha value is -0.760. The molecule has 0 aliphatic carbocycles. The molecule has 0 unspecified atom stereocenters. The highest BCUT2D eigenvalue weighted by Crippen LogP contribution is 2.28. The van der Waals surface area contributed by atoms with E-state index in [0.29, 0.717) is 5.75 Å². The van der Waals surface area contributed by atoms with Gasteiger partial charge in [0.1, 0.15) is 5.75 Å². The molecule has 0 aliphatic heterocycles. The summed E-state index contributed by atoms with van der Waals surface area (Å²) in [6.45, 7) is 6.49. The van der Waals surface area contributed by atoms with E-state index in [0.717, 1.165) is 10.9 Å². The first kappa shape index (κ1) is 12.3. The molecule has 0 spiro atoms. The van der Waals surface area contributed by atoms with Gasteiger partial charge in [-0.1, -0.05) is 54.9 Å². The molecule has 15 heavy (non-hydrogen) atoms. The number of hydrogen-bond acceptors (Lipinski definition) is 1. The molecule has 1 N–H and O–H groups in total. The molecule has 0 aromatic heterocycles. The number of benzene rings is 1. The van der Waals surface area contributed by atoms with Gasteiger partial charge >= 0.3 is 0 Å². The van der Waals surface area contributed by atoms with Crippen molar-refractivity contribution in [3.63, 3.8) is 0 Å². The highest BCUT2D eigenvalue weighted by atomic mass is 79.9. The van der Waals surface area contributed by atoms with Gasteiger partial charge in [-0.25, -0.2) is 0 Å². The molecule has 0 heterocycles. The summed E-state index contributed by atoms with van der Waals surface area (Å²) in [7, 11) is 0. The fraction of sp³-hybridized carbons (Fsp3) is 0.385. The summed E-state index contributed by atoms with van der Waals surface area (Å²) >= 11 is 3.32. The molecular weight excluding hydrogens is 252 g/mol. The molecule has 0 aliphatic rings.